The van der Waals surface area contributed by atoms with Gasteiger partial charge in [-0.05, 0) is 37.5 Å². The van der Waals surface area contributed by atoms with Crippen LogP contribution in [0.4, 0.5) is 0 Å². The van der Waals surface area contributed by atoms with Crippen molar-refractivity contribution in [1.29, 1.82) is 0 Å². The molecule has 13 heavy (non-hydrogen) atoms. The monoisotopic (exact) mass is 184 g/mol. The van der Waals surface area contributed by atoms with Gasteiger partial charge in [0.2, 0.25) is 0 Å². The molecule has 1 rings (SSSR count). The zero-order valence-electron chi connectivity index (χ0n) is 9.05. The second-order valence-electron chi connectivity index (χ2n) is 4.37. The first-order chi connectivity index (χ1) is 6.33. The van der Waals surface area contributed by atoms with Crippen LogP contribution in [0.1, 0.15) is 52.4 Å². The average molecular weight is 184 g/mol. The van der Waals surface area contributed by atoms with Crippen LogP contribution in [0.15, 0.2) is 0 Å². The van der Waals surface area contributed by atoms with E-state index in [1.807, 2.05) is 0 Å². The van der Waals surface area contributed by atoms with Gasteiger partial charge in [-0.15, -0.1) is 0 Å². The topological polar surface area (TPSA) is 38.0 Å². The molecule has 0 amide bonds. The highest BCUT2D eigenvalue weighted by Gasteiger charge is 2.34. The lowest BCUT2D eigenvalue weighted by Crippen LogP contribution is -2.42. The first-order valence-corrected chi connectivity index (χ1v) is 5.79. The summed E-state index contributed by atoms with van der Waals surface area (Å²) in [4.78, 5) is 0. The fourth-order valence-electron chi connectivity index (χ4n) is 2.36. The Morgan fingerprint density at radius 1 is 1.23 bits per heavy atom. The zero-order chi connectivity index (χ0) is 9.68. The third kappa shape index (κ3) is 3.28. The molecule has 1 fully saturated rings. The fraction of sp³-hybridized carbons (Fsp3) is 1.00. The van der Waals surface area contributed by atoms with E-state index in [1.54, 1.807) is 0 Å². The summed E-state index contributed by atoms with van der Waals surface area (Å²) in [7, 11) is 0. The summed E-state index contributed by atoms with van der Waals surface area (Å²) in [6, 6.07) is 0.597. The lowest BCUT2D eigenvalue weighted by Gasteiger charge is -2.25. The van der Waals surface area contributed by atoms with Crippen molar-refractivity contribution in [3.05, 3.63) is 0 Å². The molecule has 1 aliphatic rings. The van der Waals surface area contributed by atoms with E-state index in [4.69, 9.17) is 5.84 Å². The van der Waals surface area contributed by atoms with Gasteiger partial charge >= 0.3 is 0 Å². The molecule has 1 unspecified atom stereocenters. The molecule has 1 atom stereocenters. The third-order valence-electron chi connectivity index (χ3n) is 3.15. The number of hydrogen-bond acceptors (Lipinski definition) is 2. The molecule has 0 saturated heterocycles. The maximum atomic E-state index is 5.63. The Labute approximate surface area is 82.2 Å². The second kappa shape index (κ2) is 5.61. The molecule has 0 spiro atoms. The maximum Gasteiger partial charge on any atom is 0.0266 e. The number of hydrogen-bond donors (Lipinski definition) is 2. The van der Waals surface area contributed by atoms with E-state index in [1.165, 1.54) is 38.5 Å². The van der Waals surface area contributed by atoms with Crippen molar-refractivity contribution in [2.24, 2.45) is 17.7 Å². The number of nitrogens with two attached hydrogens (primary N) is 1. The Bertz CT molecular complexity index is 126. The van der Waals surface area contributed by atoms with Crippen LogP contribution >= 0.6 is 0 Å². The molecular weight excluding hydrogens is 160 g/mol. The summed E-state index contributed by atoms with van der Waals surface area (Å²) in [6.45, 7) is 4.53. The molecule has 0 aromatic heterocycles. The minimum Gasteiger partial charge on any atom is -0.271 e. The van der Waals surface area contributed by atoms with Crippen molar-refractivity contribution < 1.29 is 0 Å². The predicted molar refractivity (Wildman–Crippen MR) is 57.1 cm³/mol. The number of nitrogens with one attached hydrogen (secondary N) is 1. The van der Waals surface area contributed by atoms with Crippen LogP contribution in [0.25, 0.3) is 0 Å². The van der Waals surface area contributed by atoms with E-state index in [0.29, 0.717) is 6.04 Å². The standard InChI is InChI=1S/C11H24N2/c1-3-5-9(6-4-2)11(13-12)10-7-8-10/h9-11,13H,3-8,12H2,1-2H3. The fourth-order valence-corrected chi connectivity index (χ4v) is 2.36. The highest BCUT2D eigenvalue weighted by Crippen LogP contribution is 2.37. The number of hydrazine groups is 1. The van der Waals surface area contributed by atoms with Crippen LogP contribution < -0.4 is 11.3 Å². The summed E-state index contributed by atoms with van der Waals surface area (Å²) in [5.74, 6) is 7.32. The molecule has 2 heteroatoms. The van der Waals surface area contributed by atoms with Gasteiger partial charge in [-0.3, -0.25) is 11.3 Å². The lowest BCUT2D eigenvalue weighted by atomic mass is 9.88. The van der Waals surface area contributed by atoms with Gasteiger partial charge in [0.05, 0.1) is 0 Å². The van der Waals surface area contributed by atoms with Crippen molar-refractivity contribution in [2.75, 3.05) is 0 Å². The van der Waals surface area contributed by atoms with Gasteiger partial charge in [0.25, 0.3) is 0 Å². The highest BCUT2D eigenvalue weighted by molar-refractivity contribution is 4.89. The molecule has 0 aliphatic heterocycles. The SMILES string of the molecule is CCCC(CCC)C(NN)C1CC1. The van der Waals surface area contributed by atoms with E-state index < -0.39 is 0 Å². The van der Waals surface area contributed by atoms with Gasteiger partial charge in [0, 0.05) is 6.04 Å². The molecule has 2 nitrogen and oxygen atoms in total. The molecule has 0 heterocycles. The van der Waals surface area contributed by atoms with Crippen LogP contribution in [0.2, 0.25) is 0 Å². The van der Waals surface area contributed by atoms with Gasteiger partial charge in [0.15, 0.2) is 0 Å². The molecule has 78 valence electrons. The van der Waals surface area contributed by atoms with Gasteiger partial charge in [-0.2, -0.15) is 0 Å². The molecule has 0 radical (unpaired) electrons. The van der Waals surface area contributed by atoms with Crippen molar-refractivity contribution in [3.63, 3.8) is 0 Å². The van der Waals surface area contributed by atoms with Gasteiger partial charge in [0.1, 0.15) is 0 Å². The number of rotatable bonds is 7. The Balaban J connectivity index is 2.38. The van der Waals surface area contributed by atoms with Crippen LogP contribution in [0.5, 0.6) is 0 Å². The van der Waals surface area contributed by atoms with Crippen LogP contribution in [0, 0.1) is 11.8 Å². The van der Waals surface area contributed by atoms with Crippen molar-refractivity contribution in [2.45, 2.75) is 58.4 Å². The quantitative estimate of drug-likeness (QED) is 0.471. The molecule has 0 aromatic carbocycles. The second-order valence-corrected chi connectivity index (χ2v) is 4.37. The third-order valence-corrected chi connectivity index (χ3v) is 3.15. The normalized spacial score (nSPS) is 19.4. The molecule has 0 bridgehead atoms. The van der Waals surface area contributed by atoms with Gasteiger partial charge < -0.3 is 0 Å². The van der Waals surface area contributed by atoms with Gasteiger partial charge in [-0.1, -0.05) is 26.7 Å². The minimum absolute atomic E-state index is 0.597. The first-order valence-electron chi connectivity index (χ1n) is 5.79. The summed E-state index contributed by atoms with van der Waals surface area (Å²) < 4.78 is 0. The van der Waals surface area contributed by atoms with Gasteiger partial charge in [-0.25, -0.2) is 0 Å². The Kier molecular flexibility index (Phi) is 4.74. The largest absolute Gasteiger partial charge is 0.271 e. The van der Waals surface area contributed by atoms with Crippen molar-refractivity contribution in [3.8, 4) is 0 Å². The summed E-state index contributed by atoms with van der Waals surface area (Å²) in [5.41, 5.74) is 3.03. The smallest absolute Gasteiger partial charge is 0.0266 e. The highest BCUT2D eigenvalue weighted by atomic mass is 15.2. The van der Waals surface area contributed by atoms with Crippen LogP contribution in [0.3, 0.4) is 0 Å². The molecule has 0 aromatic rings. The van der Waals surface area contributed by atoms with E-state index in [9.17, 15) is 0 Å². The van der Waals surface area contributed by atoms with E-state index >= 15 is 0 Å². The molecule has 1 saturated carbocycles. The molecule has 3 N–H and O–H groups in total. The lowest BCUT2D eigenvalue weighted by molar-refractivity contribution is 0.286. The predicted octanol–water partition coefficient (Wildman–Crippen LogP) is 2.44. The minimum atomic E-state index is 0.597. The Hall–Kier alpha value is -0.0800. The molecule has 1 aliphatic carbocycles. The van der Waals surface area contributed by atoms with Crippen LogP contribution in [-0.2, 0) is 0 Å². The Morgan fingerprint density at radius 2 is 1.77 bits per heavy atom. The summed E-state index contributed by atoms with van der Waals surface area (Å²) in [5, 5.41) is 0. The van der Waals surface area contributed by atoms with E-state index in [0.717, 1.165) is 11.8 Å². The van der Waals surface area contributed by atoms with Crippen molar-refractivity contribution in [1.82, 2.24) is 5.43 Å². The maximum absolute atomic E-state index is 5.63. The summed E-state index contributed by atoms with van der Waals surface area (Å²) >= 11 is 0. The van der Waals surface area contributed by atoms with Crippen LogP contribution in [-0.4, -0.2) is 6.04 Å². The molecular formula is C11H24N2. The zero-order valence-corrected chi connectivity index (χ0v) is 9.05. The van der Waals surface area contributed by atoms with E-state index in [-0.39, 0.29) is 0 Å². The average Bonchev–Trinajstić information content (AvgIpc) is 2.90. The summed E-state index contributed by atoms with van der Waals surface area (Å²) in [6.07, 6.45) is 8.02. The van der Waals surface area contributed by atoms with E-state index in [2.05, 4.69) is 19.3 Å². The Morgan fingerprint density at radius 3 is 2.08 bits per heavy atom. The van der Waals surface area contributed by atoms with Crippen molar-refractivity contribution >= 4 is 0 Å². The first kappa shape index (κ1) is 11.0.